The highest BCUT2D eigenvalue weighted by Gasteiger charge is 2.23. The van der Waals surface area contributed by atoms with Crippen LogP contribution in [-0.4, -0.2) is 29.9 Å². The molecule has 16 heavy (non-hydrogen) atoms. The van der Waals surface area contributed by atoms with Crippen LogP contribution in [0, 0.1) is 11.8 Å². The summed E-state index contributed by atoms with van der Waals surface area (Å²) in [5, 5.41) is 0. The highest BCUT2D eigenvalue weighted by atomic mass is 16.2. The van der Waals surface area contributed by atoms with Crippen LogP contribution in [0.4, 0.5) is 0 Å². The minimum absolute atomic E-state index is 0.101. The van der Waals surface area contributed by atoms with Crippen molar-refractivity contribution in [1.82, 2.24) is 4.90 Å². The van der Waals surface area contributed by atoms with Crippen LogP contribution in [0.1, 0.15) is 47.5 Å². The second-order valence-corrected chi connectivity index (χ2v) is 4.83. The Morgan fingerprint density at radius 3 is 2.00 bits per heavy atom. The van der Waals surface area contributed by atoms with Crippen molar-refractivity contribution in [3.05, 3.63) is 0 Å². The molecule has 0 saturated carbocycles. The highest BCUT2D eigenvalue weighted by Crippen LogP contribution is 2.12. The second kappa shape index (κ2) is 7.66. The third kappa shape index (κ3) is 4.52. The van der Waals surface area contributed by atoms with E-state index in [-0.39, 0.29) is 17.9 Å². The number of hydrogen-bond acceptors (Lipinski definition) is 2. The van der Waals surface area contributed by atoms with Gasteiger partial charge in [-0.2, -0.15) is 0 Å². The minimum Gasteiger partial charge on any atom is -0.341 e. The summed E-state index contributed by atoms with van der Waals surface area (Å²) in [5.74, 6) is 0.913. The Bertz CT molecular complexity index is 200. The summed E-state index contributed by atoms with van der Waals surface area (Å²) >= 11 is 0. The summed E-state index contributed by atoms with van der Waals surface area (Å²) < 4.78 is 0. The smallest absolute Gasteiger partial charge is 0.239 e. The van der Waals surface area contributed by atoms with Crippen molar-refractivity contribution in [1.29, 1.82) is 0 Å². The van der Waals surface area contributed by atoms with Crippen LogP contribution in [0.15, 0.2) is 0 Å². The first kappa shape index (κ1) is 15.4. The van der Waals surface area contributed by atoms with Crippen molar-refractivity contribution < 1.29 is 4.79 Å². The average molecular weight is 228 g/mol. The number of carbonyl (C=O) groups excluding carboxylic acids is 1. The second-order valence-electron chi connectivity index (χ2n) is 4.83. The molecular formula is C13H28N2O. The number of likely N-dealkylation sites (N-methyl/N-ethyl adjacent to an activating group) is 1. The first-order valence-electron chi connectivity index (χ1n) is 6.52. The predicted octanol–water partition coefficient (Wildman–Crippen LogP) is 2.25. The van der Waals surface area contributed by atoms with Crippen molar-refractivity contribution in [3.8, 4) is 0 Å². The molecule has 2 N–H and O–H groups in total. The first-order chi connectivity index (χ1) is 7.47. The van der Waals surface area contributed by atoms with Crippen LogP contribution in [0.5, 0.6) is 0 Å². The summed E-state index contributed by atoms with van der Waals surface area (Å²) in [4.78, 5) is 14.0. The quantitative estimate of drug-likeness (QED) is 0.726. The van der Waals surface area contributed by atoms with Crippen LogP contribution in [0.3, 0.4) is 0 Å². The molecule has 0 unspecified atom stereocenters. The lowest BCUT2D eigenvalue weighted by Gasteiger charge is -2.29. The molecule has 0 rings (SSSR count). The van der Waals surface area contributed by atoms with E-state index in [1.165, 1.54) is 0 Å². The largest absolute Gasteiger partial charge is 0.341 e. The van der Waals surface area contributed by atoms with Crippen molar-refractivity contribution in [3.63, 3.8) is 0 Å². The lowest BCUT2D eigenvalue weighted by atomic mass is 10.0. The van der Waals surface area contributed by atoms with Gasteiger partial charge >= 0.3 is 0 Å². The van der Waals surface area contributed by atoms with E-state index < -0.39 is 0 Å². The normalized spacial score (nSPS) is 13.2. The molecule has 0 radical (unpaired) electrons. The van der Waals surface area contributed by atoms with Gasteiger partial charge in [0.05, 0.1) is 6.04 Å². The monoisotopic (exact) mass is 228 g/mol. The average Bonchev–Trinajstić information content (AvgIpc) is 2.29. The number of carbonyl (C=O) groups is 1. The van der Waals surface area contributed by atoms with Crippen LogP contribution in [-0.2, 0) is 4.79 Å². The Labute approximate surface area is 100 Å². The molecule has 96 valence electrons. The van der Waals surface area contributed by atoms with Crippen LogP contribution in [0.25, 0.3) is 0 Å². The van der Waals surface area contributed by atoms with E-state index in [1.54, 1.807) is 0 Å². The van der Waals surface area contributed by atoms with Gasteiger partial charge < -0.3 is 10.6 Å². The van der Waals surface area contributed by atoms with E-state index in [0.717, 1.165) is 25.9 Å². The molecule has 0 fully saturated rings. The molecule has 0 saturated heterocycles. The van der Waals surface area contributed by atoms with E-state index in [4.69, 9.17) is 5.73 Å². The Balaban J connectivity index is 4.42. The number of amides is 1. The van der Waals surface area contributed by atoms with Gasteiger partial charge in [0, 0.05) is 13.1 Å². The van der Waals surface area contributed by atoms with Gasteiger partial charge in [-0.25, -0.2) is 0 Å². The zero-order valence-electron chi connectivity index (χ0n) is 11.5. The van der Waals surface area contributed by atoms with Gasteiger partial charge in [0.25, 0.3) is 0 Å². The van der Waals surface area contributed by atoms with Gasteiger partial charge in [-0.3, -0.25) is 4.79 Å². The summed E-state index contributed by atoms with van der Waals surface area (Å²) in [6, 6.07) is -0.352. The molecule has 1 amide bonds. The van der Waals surface area contributed by atoms with Gasteiger partial charge in [-0.05, 0) is 18.8 Å². The minimum atomic E-state index is -0.352. The third-order valence-corrected chi connectivity index (χ3v) is 3.33. The molecular weight excluding hydrogens is 200 g/mol. The third-order valence-electron chi connectivity index (χ3n) is 3.33. The molecule has 0 spiro atoms. The van der Waals surface area contributed by atoms with Crippen LogP contribution >= 0.6 is 0 Å². The Hall–Kier alpha value is -0.570. The van der Waals surface area contributed by atoms with Crippen molar-refractivity contribution in [2.45, 2.75) is 53.5 Å². The lowest BCUT2D eigenvalue weighted by Crippen LogP contribution is -2.47. The standard InChI is InChI=1S/C13H28N2O/c1-6-11(7-2)9-15(8-3)13(16)12(14)10(4)5/h10-12H,6-9,14H2,1-5H3/t12-/m1/s1. The molecule has 3 nitrogen and oxygen atoms in total. The molecule has 0 aliphatic rings. The summed E-state index contributed by atoms with van der Waals surface area (Å²) in [5.41, 5.74) is 5.90. The van der Waals surface area contributed by atoms with E-state index in [2.05, 4.69) is 13.8 Å². The summed E-state index contributed by atoms with van der Waals surface area (Å²) in [6.07, 6.45) is 2.24. The predicted molar refractivity (Wildman–Crippen MR) is 69.1 cm³/mol. The van der Waals surface area contributed by atoms with Gasteiger partial charge in [0.15, 0.2) is 0 Å². The van der Waals surface area contributed by atoms with E-state index in [1.807, 2.05) is 25.7 Å². The molecule has 0 bridgehead atoms. The van der Waals surface area contributed by atoms with Gasteiger partial charge in [0.2, 0.25) is 5.91 Å². The molecule has 1 atom stereocenters. The Kier molecular flexibility index (Phi) is 7.39. The van der Waals surface area contributed by atoms with Crippen molar-refractivity contribution in [2.24, 2.45) is 17.6 Å². The fourth-order valence-corrected chi connectivity index (χ4v) is 1.73. The van der Waals surface area contributed by atoms with E-state index in [9.17, 15) is 4.79 Å². The van der Waals surface area contributed by atoms with Crippen LogP contribution < -0.4 is 5.73 Å². The van der Waals surface area contributed by atoms with Crippen molar-refractivity contribution >= 4 is 5.91 Å². The summed E-state index contributed by atoms with van der Waals surface area (Å²) in [7, 11) is 0. The van der Waals surface area contributed by atoms with Crippen LogP contribution in [0.2, 0.25) is 0 Å². The molecule has 0 aromatic carbocycles. The molecule has 0 heterocycles. The maximum atomic E-state index is 12.1. The zero-order chi connectivity index (χ0) is 12.7. The fraction of sp³-hybridized carbons (Fsp3) is 0.923. The first-order valence-corrected chi connectivity index (χ1v) is 6.52. The summed E-state index contributed by atoms with van der Waals surface area (Å²) in [6.45, 7) is 12.0. The Morgan fingerprint density at radius 1 is 1.19 bits per heavy atom. The Morgan fingerprint density at radius 2 is 1.69 bits per heavy atom. The zero-order valence-corrected chi connectivity index (χ0v) is 11.5. The molecule has 0 aliphatic carbocycles. The van der Waals surface area contributed by atoms with Gasteiger partial charge in [-0.15, -0.1) is 0 Å². The van der Waals surface area contributed by atoms with E-state index in [0.29, 0.717) is 5.92 Å². The lowest BCUT2D eigenvalue weighted by molar-refractivity contribution is -0.134. The maximum absolute atomic E-state index is 12.1. The molecule has 0 aromatic heterocycles. The van der Waals surface area contributed by atoms with E-state index >= 15 is 0 Å². The number of hydrogen-bond donors (Lipinski definition) is 1. The molecule has 0 aliphatic heterocycles. The molecule has 0 aromatic rings. The highest BCUT2D eigenvalue weighted by molar-refractivity contribution is 5.81. The topological polar surface area (TPSA) is 46.3 Å². The number of nitrogens with two attached hydrogens (primary N) is 1. The maximum Gasteiger partial charge on any atom is 0.239 e. The SMILES string of the molecule is CCC(CC)CN(CC)C(=O)[C@H](N)C(C)C. The van der Waals surface area contributed by atoms with Gasteiger partial charge in [-0.1, -0.05) is 40.5 Å². The fourth-order valence-electron chi connectivity index (χ4n) is 1.73. The molecule has 3 heteroatoms. The number of nitrogens with zero attached hydrogens (tertiary/aromatic N) is 1. The van der Waals surface area contributed by atoms with Crippen molar-refractivity contribution in [2.75, 3.05) is 13.1 Å². The number of rotatable bonds is 7. The van der Waals surface area contributed by atoms with Gasteiger partial charge in [0.1, 0.15) is 0 Å².